The number of hydrogen-bond acceptors (Lipinski definition) is 2. The molecule has 0 radical (unpaired) electrons. The molecule has 0 atom stereocenters. The van der Waals surface area contributed by atoms with Gasteiger partial charge in [0, 0.05) is 25.0 Å². The highest BCUT2D eigenvalue weighted by atomic mass is 15.2. The Hall–Kier alpha value is -0.0800. The van der Waals surface area contributed by atoms with Gasteiger partial charge in [-0.1, -0.05) is 13.3 Å². The van der Waals surface area contributed by atoms with Gasteiger partial charge in [-0.15, -0.1) is 0 Å². The summed E-state index contributed by atoms with van der Waals surface area (Å²) in [6, 6.07) is 0. The summed E-state index contributed by atoms with van der Waals surface area (Å²) in [7, 11) is 2.22. The molecule has 13 heavy (non-hydrogen) atoms. The Morgan fingerprint density at radius 1 is 1.08 bits per heavy atom. The summed E-state index contributed by atoms with van der Waals surface area (Å²) in [5, 5.41) is 0. The van der Waals surface area contributed by atoms with Crippen LogP contribution in [0, 0.1) is 5.41 Å². The lowest BCUT2D eigenvalue weighted by Gasteiger charge is -2.49. The summed E-state index contributed by atoms with van der Waals surface area (Å²) < 4.78 is 0. The van der Waals surface area contributed by atoms with Crippen molar-refractivity contribution < 1.29 is 0 Å². The average molecular weight is 182 g/mol. The van der Waals surface area contributed by atoms with Gasteiger partial charge in [-0.25, -0.2) is 0 Å². The molecule has 0 bridgehead atoms. The van der Waals surface area contributed by atoms with E-state index in [-0.39, 0.29) is 0 Å². The monoisotopic (exact) mass is 182 g/mol. The van der Waals surface area contributed by atoms with Crippen LogP contribution in [-0.4, -0.2) is 49.6 Å². The van der Waals surface area contributed by atoms with Crippen LogP contribution >= 0.6 is 0 Å². The van der Waals surface area contributed by atoms with Crippen molar-refractivity contribution in [1.82, 2.24) is 9.80 Å². The molecule has 0 N–H and O–H groups in total. The average Bonchev–Trinajstić information content (AvgIpc) is 2.03. The van der Waals surface area contributed by atoms with E-state index in [0.29, 0.717) is 5.41 Å². The zero-order chi connectivity index (χ0) is 9.31. The van der Waals surface area contributed by atoms with E-state index in [0.717, 1.165) is 0 Å². The molecular weight excluding hydrogens is 160 g/mol. The van der Waals surface area contributed by atoms with Crippen LogP contribution in [-0.2, 0) is 0 Å². The minimum absolute atomic E-state index is 0.603. The molecule has 0 spiro atoms. The molecule has 2 heterocycles. The second-order valence-corrected chi connectivity index (χ2v) is 5.32. The zero-order valence-corrected chi connectivity index (χ0v) is 9.05. The van der Waals surface area contributed by atoms with E-state index in [4.69, 9.17) is 0 Å². The SMILES string of the molecule is CN1CC(C)(CN2CCCCC2)C1. The van der Waals surface area contributed by atoms with Crippen molar-refractivity contribution in [1.29, 1.82) is 0 Å². The highest BCUT2D eigenvalue weighted by molar-refractivity contribution is 4.92. The van der Waals surface area contributed by atoms with Crippen molar-refractivity contribution in [3.05, 3.63) is 0 Å². The van der Waals surface area contributed by atoms with Crippen LogP contribution in [0.2, 0.25) is 0 Å². The van der Waals surface area contributed by atoms with E-state index in [2.05, 4.69) is 23.8 Å². The summed E-state index contributed by atoms with van der Waals surface area (Å²) in [5.41, 5.74) is 0.603. The van der Waals surface area contributed by atoms with Crippen LogP contribution in [0.4, 0.5) is 0 Å². The maximum Gasteiger partial charge on any atom is 0.00599 e. The number of nitrogens with zero attached hydrogens (tertiary/aromatic N) is 2. The predicted octanol–water partition coefficient (Wildman–Crippen LogP) is 1.42. The molecule has 2 aliphatic heterocycles. The molecule has 0 aromatic carbocycles. The van der Waals surface area contributed by atoms with Crippen molar-refractivity contribution in [2.75, 3.05) is 39.8 Å². The lowest BCUT2D eigenvalue weighted by molar-refractivity contribution is 0.00157. The van der Waals surface area contributed by atoms with Gasteiger partial charge in [0.2, 0.25) is 0 Å². The third-order valence-electron chi connectivity index (χ3n) is 3.36. The summed E-state index contributed by atoms with van der Waals surface area (Å²) in [5.74, 6) is 0. The van der Waals surface area contributed by atoms with E-state index < -0.39 is 0 Å². The molecule has 0 aromatic heterocycles. The van der Waals surface area contributed by atoms with E-state index in [1.807, 2.05) is 0 Å². The smallest absolute Gasteiger partial charge is 0.00599 e. The summed E-state index contributed by atoms with van der Waals surface area (Å²) in [6.07, 6.45) is 4.30. The fraction of sp³-hybridized carbons (Fsp3) is 1.00. The van der Waals surface area contributed by atoms with Crippen molar-refractivity contribution in [2.24, 2.45) is 5.41 Å². The molecule has 2 saturated heterocycles. The van der Waals surface area contributed by atoms with Crippen LogP contribution < -0.4 is 0 Å². The second-order valence-electron chi connectivity index (χ2n) is 5.32. The maximum atomic E-state index is 2.66. The lowest BCUT2D eigenvalue weighted by atomic mass is 9.81. The minimum atomic E-state index is 0.603. The summed E-state index contributed by atoms with van der Waals surface area (Å²) >= 11 is 0. The minimum Gasteiger partial charge on any atom is -0.305 e. The van der Waals surface area contributed by atoms with Crippen LogP contribution in [0.5, 0.6) is 0 Å². The first-order valence-corrected chi connectivity index (χ1v) is 5.59. The van der Waals surface area contributed by atoms with Gasteiger partial charge in [0.15, 0.2) is 0 Å². The molecule has 0 amide bonds. The largest absolute Gasteiger partial charge is 0.305 e. The molecule has 2 nitrogen and oxygen atoms in total. The highest BCUT2D eigenvalue weighted by Gasteiger charge is 2.37. The topological polar surface area (TPSA) is 6.48 Å². The Morgan fingerprint density at radius 3 is 2.23 bits per heavy atom. The third-order valence-corrected chi connectivity index (χ3v) is 3.36. The molecule has 0 saturated carbocycles. The molecule has 2 fully saturated rings. The predicted molar refractivity (Wildman–Crippen MR) is 55.9 cm³/mol. The molecule has 2 aliphatic rings. The standard InChI is InChI=1S/C11H22N2/c1-11(8-12(2)9-11)10-13-6-4-3-5-7-13/h3-10H2,1-2H3. The van der Waals surface area contributed by atoms with Gasteiger partial charge in [-0.2, -0.15) is 0 Å². The van der Waals surface area contributed by atoms with Crippen molar-refractivity contribution in [3.63, 3.8) is 0 Å². The van der Waals surface area contributed by atoms with Gasteiger partial charge < -0.3 is 9.80 Å². The molecule has 2 heteroatoms. The Bertz CT molecular complexity index is 167. The van der Waals surface area contributed by atoms with E-state index in [9.17, 15) is 0 Å². The Labute approximate surface area is 81.9 Å². The van der Waals surface area contributed by atoms with Gasteiger partial charge in [-0.3, -0.25) is 0 Å². The summed E-state index contributed by atoms with van der Waals surface area (Å²) in [6.45, 7) is 9.05. The first-order chi connectivity index (χ1) is 6.18. The first-order valence-electron chi connectivity index (χ1n) is 5.59. The van der Waals surface area contributed by atoms with Gasteiger partial charge >= 0.3 is 0 Å². The summed E-state index contributed by atoms with van der Waals surface area (Å²) in [4.78, 5) is 5.08. The van der Waals surface area contributed by atoms with Crippen molar-refractivity contribution >= 4 is 0 Å². The molecule has 76 valence electrons. The van der Waals surface area contributed by atoms with Crippen molar-refractivity contribution in [2.45, 2.75) is 26.2 Å². The van der Waals surface area contributed by atoms with E-state index >= 15 is 0 Å². The van der Waals surface area contributed by atoms with Gasteiger partial charge in [0.05, 0.1) is 0 Å². The number of rotatable bonds is 2. The zero-order valence-electron chi connectivity index (χ0n) is 9.05. The quantitative estimate of drug-likeness (QED) is 0.637. The molecule has 0 aromatic rings. The molecule has 0 unspecified atom stereocenters. The fourth-order valence-electron chi connectivity index (χ4n) is 3.01. The maximum absolute atomic E-state index is 2.66. The van der Waals surface area contributed by atoms with Gasteiger partial charge in [0.25, 0.3) is 0 Å². The van der Waals surface area contributed by atoms with Crippen LogP contribution in [0.3, 0.4) is 0 Å². The first kappa shape index (κ1) is 9.47. The van der Waals surface area contributed by atoms with E-state index in [1.54, 1.807) is 0 Å². The number of piperidine rings is 1. The molecule has 0 aliphatic carbocycles. The highest BCUT2D eigenvalue weighted by Crippen LogP contribution is 2.30. The van der Waals surface area contributed by atoms with Gasteiger partial charge in [0.1, 0.15) is 0 Å². The van der Waals surface area contributed by atoms with Crippen LogP contribution in [0.15, 0.2) is 0 Å². The number of likely N-dealkylation sites (tertiary alicyclic amines) is 2. The number of hydrogen-bond donors (Lipinski definition) is 0. The Kier molecular flexibility index (Phi) is 2.61. The Balaban J connectivity index is 1.76. The van der Waals surface area contributed by atoms with Crippen molar-refractivity contribution in [3.8, 4) is 0 Å². The normalized spacial score (nSPS) is 30.0. The van der Waals surface area contributed by atoms with Gasteiger partial charge in [-0.05, 0) is 33.0 Å². The van der Waals surface area contributed by atoms with E-state index in [1.165, 1.54) is 52.0 Å². The fourth-order valence-corrected chi connectivity index (χ4v) is 3.01. The lowest BCUT2D eigenvalue weighted by Crippen LogP contribution is -2.58. The molecular formula is C11H22N2. The Morgan fingerprint density at radius 2 is 1.69 bits per heavy atom. The van der Waals surface area contributed by atoms with Crippen LogP contribution in [0.1, 0.15) is 26.2 Å². The molecule has 2 rings (SSSR count). The second kappa shape index (κ2) is 3.58. The van der Waals surface area contributed by atoms with Crippen LogP contribution in [0.25, 0.3) is 0 Å². The third kappa shape index (κ3) is 2.23.